The summed E-state index contributed by atoms with van der Waals surface area (Å²) in [6, 6.07) is 9.84. The van der Waals surface area contributed by atoms with E-state index in [1.54, 1.807) is 0 Å². The van der Waals surface area contributed by atoms with Crippen LogP contribution in [-0.4, -0.2) is 77.3 Å². The molecule has 0 aliphatic carbocycles. The number of likely N-dealkylation sites (tertiary alicyclic amines) is 1. The van der Waals surface area contributed by atoms with Crippen molar-refractivity contribution in [2.45, 2.75) is 39.0 Å². The zero-order chi connectivity index (χ0) is 21.1. The van der Waals surface area contributed by atoms with Gasteiger partial charge in [0.15, 0.2) is 0 Å². The molecule has 0 unspecified atom stereocenters. The van der Waals surface area contributed by atoms with Gasteiger partial charge in [0.2, 0.25) is 5.91 Å². The summed E-state index contributed by atoms with van der Waals surface area (Å²) in [5.41, 5.74) is 2.56. The number of rotatable bonds is 4. The number of aromatic nitrogens is 1. The number of carbonyl (C=O) groups is 2. The lowest BCUT2D eigenvalue weighted by Crippen LogP contribution is -2.52. The number of hydrogen-bond acceptors (Lipinski definition) is 4. The van der Waals surface area contributed by atoms with Crippen LogP contribution >= 0.6 is 0 Å². The van der Waals surface area contributed by atoms with Crippen molar-refractivity contribution >= 4 is 22.7 Å². The lowest BCUT2D eigenvalue weighted by atomic mass is 10.0. The first kappa shape index (κ1) is 20.8. The smallest absolute Gasteiger partial charge is 0.254 e. The van der Waals surface area contributed by atoms with Gasteiger partial charge in [-0.15, -0.1) is 0 Å². The average molecular weight is 409 g/mol. The molecule has 2 amide bonds. The molecule has 3 heterocycles. The number of fused-ring (bicyclic) bond motifs is 1. The van der Waals surface area contributed by atoms with Crippen molar-refractivity contribution in [3.63, 3.8) is 0 Å². The van der Waals surface area contributed by atoms with Crippen LogP contribution in [0.4, 0.5) is 0 Å². The summed E-state index contributed by atoms with van der Waals surface area (Å²) < 4.78 is 0. The van der Waals surface area contributed by atoms with Crippen LogP contribution in [0.3, 0.4) is 0 Å². The predicted molar refractivity (Wildman–Crippen MR) is 119 cm³/mol. The zero-order valence-electron chi connectivity index (χ0n) is 18.1. The van der Waals surface area contributed by atoms with Crippen molar-refractivity contribution in [2.24, 2.45) is 0 Å². The van der Waals surface area contributed by atoms with E-state index in [1.165, 1.54) is 6.42 Å². The van der Waals surface area contributed by atoms with Gasteiger partial charge in [-0.1, -0.05) is 32.0 Å². The van der Waals surface area contributed by atoms with Crippen LogP contribution in [0.25, 0.3) is 10.9 Å². The number of pyridine rings is 1. The molecule has 0 spiro atoms. The van der Waals surface area contributed by atoms with Gasteiger partial charge in [-0.05, 0) is 37.3 Å². The topological polar surface area (TPSA) is 56.8 Å². The number of nitrogens with zero attached hydrogens (tertiary/aromatic N) is 4. The summed E-state index contributed by atoms with van der Waals surface area (Å²) in [5, 5.41) is 0.912. The van der Waals surface area contributed by atoms with Crippen LogP contribution in [0.5, 0.6) is 0 Å². The fraction of sp³-hybridized carbons (Fsp3) is 0.542. The first-order valence-electron chi connectivity index (χ1n) is 11.2. The minimum absolute atomic E-state index is 0.0671. The van der Waals surface area contributed by atoms with E-state index >= 15 is 0 Å². The highest BCUT2D eigenvalue weighted by Crippen LogP contribution is 2.24. The molecule has 160 valence electrons. The van der Waals surface area contributed by atoms with Gasteiger partial charge in [0.25, 0.3) is 5.91 Å². The molecule has 0 bridgehead atoms. The summed E-state index contributed by atoms with van der Waals surface area (Å²) in [7, 11) is 0. The van der Waals surface area contributed by atoms with Gasteiger partial charge in [0, 0.05) is 50.3 Å². The van der Waals surface area contributed by atoms with Gasteiger partial charge >= 0.3 is 0 Å². The second kappa shape index (κ2) is 9.13. The summed E-state index contributed by atoms with van der Waals surface area (Å²) in [5.74, 6) is 0.562. The average Bonchev–Trinajstić information content (AvgIpc) is 2.79. The molecule has 1 aromatic heterocycles. The van der Waals surface area contributed by atoms with E-state index in [0.29, 0.717) is 19.6 Å². The van der Waals surface area contributed by atoms with Crippen molar-refractivity contribution < 1.29 is 9.59 Å². The van der Waals surface area contributed by atoms with Gasteiger partial charge in [0.1, 0.15) is 0 Å². The highest BCUT2D eigenvalue weighted by molar-refractivity contribution is 6.06. The van der Waals surface area contributed by atoms with Crippen LogP contribution in [0, 0.1) is 0 Å². The largest absolute Gasteiger partial charge is 0.342 e. The van der Waals surface area contributed by atoms with Crippen LogP contribution in [-0.2, 0) is 4.79 Å². The first-order chi connectivity index (χ1) is 14.5. The molecular formula is C24H32N4O2. The fourth-order valence-electron chi connectivity index (χ4n) is 4.38. The summed E-state index contributed by atoms with van der Waals surface area (Å²) >= 11 is 0. The Morgan fingerprint density at radius 3 is 2.33 bits per heavy atom. The highest BCUT2D eigenvalue weighted by atomic mass is 16.2. The summed E-state index contributed by atoms with van der Waals surface area (Å²) in [6.07, 6.45) is 3.46. The molecule has 0 N–H and O–H groups in total. The quantitative estimate of drug-likeness (QED) is 0.780. The lowest BCUT2D eigenvalue weighted by molar-refractivity contribution is -0.133. The molecule has 4 rings (SSSR count). The Bertz CT molecular complexity index is 913. The molecule has 6 nitrogen and oxygen atoms in total. The van der Waals surface area contributed by atoms with E-state index in [1.807, 2.05) is 40.1 Å². The van der Waals surface area contributed by atoms with E-state index in [2.05, 4.69) is 18.7 Å². The molecule has 0 saturated carbocycles. The van der Waals surface area contributed by atoms with Gasteiger partial charge in [-0.25, -0.2) is 0 Å². The Morgan fingerprint density at radius 1 is 0.933 bits per heavy atom. The molecule has 2 aliphatic rings. The lowest BCUT2D eigenvalue weighted by Gasteiger charge is -2.36. The Morgan fingerprint density at radius 2 is 1.63 bits per heavy atom. The van der Waals surface area contributed by atoms with E-state index in [9.17, 15) is 9.59 Å². The van der Waals surface area contributed by atoms with Crippen LogP contribution in [0.2, 0.25) is 0 Å². The van der Waals surface area contributed by atoms with Crippen molar-refractivity contribution in [1.29, 1.82) is 0 Å². The van der Waals surface area contributed by atoms with Gasteiger partial charge in [-0.3, -0.25) is 19.5 Å². The van der Waals surface area contributed by atoms with Gasteiger partial charge in [0.05, 0.1) is 17.6 Å². The molecule has 0 radical (unpaired) electrons. The van der Waals surface area contributed by atoms with Crippen LogP contribution in [0.15, 0.2) is 30.3 Å². The maximum atomic E-state index is 13.4. The van der Waals surface area contributed by atoms with Crippen LogP contribution < -0.4 is 0 Å². The van der Waals surface area contributed by atoms with E-state index < -0.39 is 0 Å². The molecule has 2 aliphatic heterocycles. The monoisotopic (exact) mass is 408 g/mol. The molecule has 6 heteroatoms. The number of amides is 2. The Balaban J connectivity index is 1.42. The standard InChI is InChI=1S/C24H32N4O2/c1-18(2)22-16-20(19-8-4-5-9-21(19)25-22)24(30)28-14-12-26(13-15-28)17-23(29)27-10-6-3-7-11-27/h4-5,8-9,16,18H,3,6-7,10-15,17H2,1-2H3. The van der Waals surface area contributed by atoms with E-state index in [4.69, 9.17) is 4.98 Å². The van der Waals surface area contributed by atoms with Crippen molar-refractivity contribution in [1.82, 2.24) is 19.7 Å². The zero-order valence-corrected chi connectivity index (χ0v) is 18.1. The third-order valence-electron chi connectivity index (χ3n) is 6.29. The van der Waals surface area contributed by atoms with Crippen molar-refractivity contribution in [3.05, 3.63) is 41.6 Å². The number of hydrogen-bond donors (Lipinski definition) is 0. The highest BCUT2D eigenvalue weighted by Gasteiger charge is 2.26. The summed E-state index contributed by atoms with van der Waals surface area (Å²) in [6.45, 7) is 9.25. The van der Waals surface area contributed by atoms with Crippen molar-refractivity contribution in [3.8, 4) is 0 Å². The molecule has 0 atom stereocenters. The fourth-order valence-corrected chi connectivity index (χ4v) is 4.38. The molecule has 2 aromatic rings. The minimum atomic E-state index is 0.0671. The molecule has 2 saturated heterocycles. The summed E-state index contributed by atoms with van der Waals surface area (Å²) in [4.78, 5) is 36.8. The van der Waals surface area contributed by atoms with Crippen LogP contribution in [0.1, 0.15) is 55.1 Å². The third-order valence-corrected chi connectivity index (χ3v) is 6.29. The normalized spacial score (nSPS) is 18.2. The molecule has 1 aromatic carbocycles. The maximum Gasteiger partial charge on any atom is 0.254 e. The number of piperazine rings is 1. The Kier molecular flexibility index (Phi) is 6.32. The predicted octanol–water partition coefficient (Wildman–Crippen LogP) is 3.13. The Hall–Kier alpha value is -2.47. The molecule has 2 fully saturated rings. The van der Waals surface area contributed by atoms with Crippen molar-refractivity contribution in [2.75, 3.05) is 45.8 Å². The first-order valence-corrected chi connectivity index (χ1v) is 11.2. The maximum absolute atomic E-state index is 13.4. The van der Waals surface area contributed by atoms with E-state index in [0.717, 1.165) is 61.2 Å². The number of para-hydroxylation sites is 1. The SMILES string of the molecule is CC(C)c1cc(C(=O)N2CCN(CC(=O)N3CCCCC3)CC2)c2ccccc2n1. The second-order valence-electron chi connectivity index (χ2n) is 8.78. The second-order valence-corrected chi connectivity index (χ2v) is 8.78. The number of benzene rings is 1. The molecular weight excluding hydrogens is 376 g/mol. The Labute approximate surface area is 178 Å². The van der Waals surface area contributed by atoms with E-state index in [-0.39, 0.29) is 17.7 Å². The molecule has 30 heavy (non-hydrogen) atoms. The van der Waals surface area contributed by atoms with Gasteiger partial charge in [-0.2, -0.15) is 0 Å². The number of carbonyl (C=O) groups excluding carboxylic acids is 2. The minimum Gasteiger partial charge on any atom is -0.342 e. The third kappa shape index (κ3) is 4.48. The van der Waals surface area contributed by atoms with Gasteiger partial charge < -0.3 is 9.80 Å². The number of piperidine rings is 1.